The molecule has 7 heteroatoms. The second-order valence-corrected chi connectivity index (χ2v) is 5.50. The highest BCUT2D eigenvalue weighted by Crippen LogP contribution is 2.13. The van der Waals surface area contributed by atoms with Crippen molar-refractivity contribution in [2.45, 2.75) is 6.54 Å². The summed E-state index contributed by atoms with van der Waals surface area (Å²) < 4.78 is 6.44. The molecule has 0 bridgehead atoms. The van der Waals surface area contributed by atoms with Gasteiger partial charge in [0.05, 0.1) is 19.3 Å². The number of aromatic nitrogens is 3. The van der Waals surface area contributed by atoms with Crippen molar-refractivity contribution in [3.05, 3.63) is 76.8 Å². The second kappa shape index (κ2) is 8.06. The molecule has 0 spiro atoms. The molecule has 1 amide bonds. The third kappa shape index (κ3) is 4.13. The smallest absolute Gasteiger partial charge is 0.266 e. The maximum absolute atomic E-state index is 12.2. The number of amides is 1. The lowest BCUT2D eigenvalue weighted by Crippen LogP contribution is -2.31. The first-order valence-corrected chi connectivity index (χ1v) is 8.08. The summed E-state index contributed by atoms with van der Waals surface area (Å²) in [6.07, 6.45) is 3.33. The highest BCUT2D eigenvalue weighted by atomic mass is 16.5. The van der Waals surface area contributed by atoms with Gasteiger partial charge in [-0.1, -0.05) is 6.07 Å². The Hall–Kier alpha value is -3.48. The fourth-order valence-corrected chi connectivity index (χ4v) is 2.43. The lowest BCUT2D eigenvalue weighted by molar-refractivity contribution is 0.0951. The molecular weight excluding hydrogens is 332 g/mol. The van der Waals surface area contributed by atoms with Gasteiger partial charge in [-0.25, -0.2) is 4.68 Å². The summed E-state index contributed by atoms with van der Waals surface area (Å²) in [6.45, 7) is 0.552. The van der Waals surface area contributed by atoms with Crippen LogP contribution in [0.25, 0.3) is 11.3 Å². The number of rotatable bonds is 6. The van der Waals surface area contributed by atoms with Crippen molar-refractivity contribution >= 4 is 5.91 Å². The molecule has 7 nitrogen and oxygen atoms in total. The van der Waals surface area contributed by atoms with Gasteiger partial charge in [-0.15, -0.1) is 0 Å². The highest BCUT2D eigenvalue weighted by Gasteiger charge is 2.07. The first-order valence-electron chi connectivity index (χ1n) is 8.08. The molecule has 0 radical (unpaired) electrons. The van der Waals surface area contributed by atoms with Gasteiger partial charge in [0.2, 0.25) is 0 Å². The van der Waals surface area contributed by atoms with Crippen molar-refractivity contribution in [2.24, 2.45) is 0 Å². The normalized spacial score (nSPS) is 10.3. The predicted molar refractivity (Wildman–Crippen MR) is 97.1 cm³/mol. The molecule has 1 aromatic carbocycles. The molecule has 0 aliphatic rings. The van der Waals surface area contributed by atoms with Crippen molar-refractivity contribution in [1.82, 2.24) is 20.1 Å². The van der Waals surface area contributed by atoms with Crippen molar-refractivity contribution < 1.29 is 9.53 Å². The zero-order valence-electron chi connectivity index (χ0n) is 14.3. The molecule has 0 saturated heterocycles. The molecule has 26 heavy (non-hydrogen) atoms. The molecule has 1 N–H and O–H groups in total. The van der Waals surface area contributed by atoms with E-state index in [0.29, 0.717) is 17.0 Å². The van der Waals surface area contributed by atoms with Gasteiger partial charge in [0.1, 0.15) is 5.75 Å². The van der Waals surface area contributed by atoms with E-state index in [1.807, 2.05) is 12.1 Å². The number of benzene rings is 1. The van der Waals surface area contributed by atoms with E-state index >= 15 is 0 Å². The first kappa shape index (κ1) is 17.3. The number of pyridine rings is 1. The lowest BCUT2D eigenvalue weighted by atomic mass is 10.2. The minimum atomic E-state index is -0.234. The van der Waals surface area contributed by atoms with Crippen molar-refractivity contribution in [2.75, 3.05) is 13.7 Å². The molecule has 0 unspecified atom stereocenters. The van der Waals surface area contributed by atoms with Crippen LogP contribution >= 0.6 is 0 Å². The minimum absolute atomic E-state index is 0.224. The number of nitrogens with one attached hydrogen (secondary N) is 1. The van der Waals surface area contributed by atoms with Gasteiger partial charge in [-0.2, -0.15) is 5.10 Å². The first-order chi connectivity index (χ1) is 12.7. The molecule has 132 valence electrons. The molecule has 2 heterocycles. The Labute approximate surface area is 150 Å². The van der Waals surface area contributed by atoms with Crippen LogP contribution in [0.15, 0.2) is 65.7 Å². The van der Waals surface area contributed by atoms with E-state index < -0.39 is 0 Å². The molecule has 0 saturated carbocycles. The average Bonchev–Trinajstić information content (AvgIpc) is 2.70. The molecule has 0 fully saturated rings. The van der Waals surface area contributed by atoms with E-state index in [1.165, 1.54) is 10.7 Å². The van der Waals surface area contributed by atoms with Crippen LogP contribution in [0.2, 0.25) is 0 Å². The molecule has 3 rings (SSSR count). The molecule has 0 atom stereocenters. The predicted octanol–water partition coefficient (Wildman–Crippen LogP) is 1.74. The number of methoxy groups -OCH3 is 1. The number of hydrogen-bond acceptors (Lipinski definition) is 5. The van der Waals surface area contributed by atoms with Crippen LogP contribution in [0.5, 0.6) is 5.75 Å². The SMILES string of the molecule is COc1cccc(C(=O)NCCn2nc(-c3ccncc3)ccc2=O)c1. The summed E-state index contributed by atoms with van der Waals surface area (Å²) in [4.78, 5) is 28.2. The fraction of sp³-hybridized carbons (Fsp3) is 0.158. The third-order valence-electron chi connectivity index (χ3n) is 3.78. The van der Waals surface area contributed by atoms with Crippen LogP contribution in [0.4, 0.5) is 0 Å². The monoisotopic (exact) mass is 350 g/mol. The Balaban J connectivity index is 1.66. The summed E-state index contributed by atoms with van der Waals surface area (Å²) in [7, 11) is 1.55. The van der Waals surface area contributed by atoms with Gasteiger partial charge in [0.25, 0.3) is 11.5 Å². The van der Waals surface area contributed by atoms with Gasteiger partial charge in [0.15, 0.2) is 0 Å². The Morgan fingerprint density at radius 3 is 2.73 bits per heavy atom. The van der Waals surface area contributed by atoms with Crippen LogP contribution in [-0.2, 0) is 6.54 Å². The van der Waals surface area contributed by atoms with Crippen LogP contribution in [0.1, 0.15) is 10.4 Å². The Morgan fingerprint density at radius 1 is 1.15 bits per heavy atom. The van der Waals surface area contributed by atoms with E-state index in [-0.39, 0.29) is 24.6 Å². The molecule has 0 aliphatic heterocycles. The number of carbonyl (C=O) groups is 1. The minimum Gasteiger partial charge on any atom is -0.497 e. The van der Waals surface area contributed by atoms with E-state index in [9.17, 15) is 9.59 Å². The van der Waals surface area contributed by atoms with Crippen LogP contribution in [0.3, 0.4) is 0 Å². The van der Waals surface area contributed by atoms with E-state index in [0.717, 1.165) is 5.56 Å². The van der Waals surface area contributed by atoms with Crippen molar-refractivity contribution in [3.8, 4) is 17.0 Å². The Bertz CT molecular complexity index is 954. The average molecular weight is 350 g/mol. The molecule has 3 aromatic rings. The standard InChI is InChI=1S/C19H18N4O3/c1-26-16-4-2-3-15(13-16)19(25)21-11-12-23-18(24)6-5-17(22-23)14-7-9-20-10-8-14/h2-10,13H,11-12H2,1H3,(H,21,25). The van der Waals surface area contributed by atoms with E-state index in [2.05, 4.69) is 15.4 Å². The van der Waals surface area contributed by atoms with Gasteiger partial charge < -0.3 is 10.1 Å². The summed E-state index contributed by atoms with van der Waals surface area (Å²) in [5, 5.41) is 7.13. The van der Waals surface area contributed by atoms with Crippen molar-refractivity contribution in [3.63, 3.8) is 0 Å². The van der Waals surface area contributed by atoms with Crippen LogP contribution in [-0.4, -0.2) is 34.3 Å². The summed E-state index contributed by atoms with van der Waals surface area (Å²) in [5.74, 6) is 0.378. The second-order valence-electron chi connectivity index (χ2n) is 5.50. The summed E-state index contributed by atoms with van der Waals surface area (Å²) >= 11 is 0. The number of nitrogens with zero attached hydrogens (tertiary/aromatic N) is 3. The topological polar surface area (TPSA) is 86.1 Å². The van der Waals surface area contributed by atoms with Crippen molar-refractivity contribution in [1.29, 1.82) is 0 Å². The van der Waals surface area contributed by atoms with Crippen LogP contribution < -0.4 is 15.6 Å². The summed E-state index contributed by atoms with van der Waals surface area (Å²) in [6, 6.07) is 13.7. The summed E-state index contributed by atoms with van der Waals surface area (Å²) in [5.41, 5.74) is 1.81. The van der Waals surface area contributed by atoms with Gasteiger partial charge in [-0.05, 0) is 36.4 Å². The van der Waals surface area contributed by atoms with Gasteiger partial charge in [0, 0.05) is 36.1 Å². The number of ether oxygens (including phenoxy) is 1. The zero-order chi connectivity index (χ0) is 18.4. The zero-order valence-corrected chi connectivity index (χ0v) is 14.3. The van der Waals surface area contributed by atoms with Gasteiger partial charge >= 0.3 is 0 Å². The Kier molecular flexibility index (Phi) is 5.38. The van der Waals surface area contributed by atoms with E-state index in [1.54, 1.807) is 49.8 Å². The lowest BCUT2D eigenvalue weighted by Gasteiger charge is -2.09. The number of carbonyl (C=O) groups excluding carboxylic acids is 1. The highest BCUT2D eigenvalue weighted by molar-refractivity contribution is 5.94. The van der Waals surface area contributed by atoms with Crippen LogP contribution in [0, 0.1) is 0 Å². The Morgan fingerprint density at radius 2 is 1.96 bits per heavy atom. The third-order valence-corrected chi connectivity index (χ3v) is 3.78. The van der Waals surface area contributed by atoms with Gasteiger partial charge in [-0.3, -0.25) is 14.6 Å². The largest absolute Gasteiger partial charge is 0.497 e. The molecule has 2 aromatic heterocycles. The fourth-order valence-electron chi connectivity index (χ4n) is 2.43. The maximum Gasteiger partial charge on any atom is 0.266 e. The molecular formula is C19H18N4O3. The number of hydrogen-bond donors (Lipinski definition) is 1. The quantitative estimate of drug-likeness (QED) is 0.732. The van der Waals surface area contributed by atoms with E-state index in [4.69, 9.17) is 4.74 Å². The molecule has 0 aliphatic carbocycles. The maximum atomic E-state index is 12.2.